The highest BCUT2D eigenvalue weighted by molar-refractivity contribution is 8.19. The van der Waals surface area contributed by atoms with Gasteiger partial charge in [0.1, 0.15) is 12.4 Å². The Morgan fingerprint density at radius 3 is 2.51 bits per heavy atom. The Balaban J connectivity index is 1.27. The van der Waals surface area contributed by atoms with Crippen LogP contribution >= 0.6 is 46.7 Å². The molecule has 0 radical (unpaired) electrons. The molecule has 37 heavy (non-hydrogen) atoms. The average molecular weight is 578 g/mol. The molecule has 0 spiro atoms. The van der Waals surface area contributed by atoms with Crippen LogP contribution in [0.5, 0.6) is 17.2 Å². The zero-order chi connectivity index (χ0) is 26.0. The molecule has 0 aliphatic carbocycles. The number of nitrogens with zero attached hydrogens (tertiary/aromatic N) is 1. The fraction of sp³-hybridized carbons (Fsp3) is 0.259. The van der Waals surface area contributed by atoms with Gasteiger partial charge in [0.2, 0.25) is 0 Å². The standard InChI is InChI=1S/C27H26Cl2N2O4S2/c1-2-33-25-13-18(3-10-24(25)35-16-20-4-7-21(28)14-23(20)29)15-30-31-26(32)17-34-22-8-5-19(6-9-22)27-36-11-12-37-27/h3-10,13-15,27H,2,11-12,16-17H2,1H3,(H,31,32)/b30-15-. The number of carbonyl (C=O) groups excluding carboxylic acids is 1. The SMILES string of the molecule is CCOc1cc(/C=N\NC(=O)COc2ccc(C3SCCS3)cc2)ccc1OCc1ccc(Cl)cc1Cl. The Labute approximate surface area is 235 Å². The number of hydrogen-bond acceptors (Lipinski definition) is 7. The van der Waals surface area contributed by atoms with Crippen LogP contribution in [0.4, 0.5) is 0 Å². The van der Waals surface area contributed by atoms with Crippen molar-refractivity contribution in [3.63, 3.8) is 0 Å². The van der Waals surface area contributed by atoms with Crippen LogP contribution in [-0.2, 0) is 11.4 Å². The molecule has 1 fully saturated rings. The minimum Gasteiger partial charge on any atom is -0.490 e. The summed E-state index contributed by atoms with van der Waals surface area (Å²) < 4.78 is 17.7. The lowest BCUT2D eigenvalue weighted by molar-refractivity contribution is -0.123. The number of nitrogens with one attached hydrogen (secondary N) is 1. The summed E-state index contributed by atoms with van der Waals surface area (Å²) in [7, 11) is 0. The third kappa shape index (κ3) is 8.23. The first-order chi connectivity index (χ1) is 18.0. The predicted octanol–water partition coefficient (Wildman–Crippen LogP) is 6.98. The zero-order valence-corrected chi connectivity index (χ0v) is 23.3. The first-order valence-electron chi connectivity index (χ1n) is 11.6. The number of benzene rings is 3. The van der Waals surface area contributed by atoms with Crippen molar-refractivity contribution < 1.29 is 19.0 Å². The summed E-state index contributed by atoms with van der Waals surface area (Å²) in [5.41, 5.74) is 5.30. The molecule has 194 valence electrons. The van der Waals surface area contributed by atoms with Gasteiger partial charge < -0.3 is 14.2 Å². The van der Waals surface area contributed by atoms with E-state index in [1.165, 1.54) is 23.3 Å². The third-order valence-electron chi connectivity index (χ3n) is 5.21. The Morgan fingerprint density at radius 1 is 1.00 bits per heavy atom. The summed E-state index contributed by atoms with van der Waals surface area (Å²) in [6, 6.07) is 18.5. The maximum Gasteiger partial charge on any atom is 0.277 e. The number of hydrazone groups is 1. The van der Waals surface area contributed by atoms with Crippen molar-refractivity contribution in [1.82, 2.24) is 5.43 Å². The molecule has 1 heterocycles. The summed E-state index contributed by atoms with van der Waals surface area (Å²) in [6.45, 7) is 2.49. The van der Waals surface area contributed by atoms with Gasteiger partial charge in [-0.15, -0.1) is 23.5 Å². The molecule has 10 heteroatoms. The van der Waals surface area contributed by atoms with Crippen molar-refractivity contribution >= 4 is 58.8 Å². The van der Waals surface area contributed by atoms with Gasteiger partial charge in [0, 0.05) is 27.1 Å². The van der Waals surface area contributed by atoms with Gasteiger partial charge in [-0.1, -0.05) is 41.4 Å². The molecule has 3 aromatic rings. The number of hydrogen-bond donors (Lipinski definition) is 1. The van der Waals surface area contributed by atoms with E-state index in [2.05, 4.69) is 22.7 Å². The maximum absolute atomic E-state index is 12.2. The van der Waals surface area contributed by atoms with E-state index < -0.39 is 0 Å². The predicted molar refractivity (Wildman–Crippen MR) is 154 cm³/mol. The lowest BCUT2D eigenvalue weighted by atomic mass is 10.2. The van der Waals surface area contributed by atoms with Crippen LogP contribution in [0.15, 0.2) is 65.8 Å². The summed E-state index contributed by atoms with van der Waals surface area (Å²) in [6.07, 6.45) is 1.53. The molecule has 1 aliphatic rings. The minimum absolute atomic E-state index is 0.131. The third-order valence-corrected chi connectivity index (χ3v) is 8.90. The van der Waals surface area contributed by atoms with E-state index in [1.807, 2.05) is 54.7 Å². The average Bonchev–Trinajstić information content (AvgIpc) is 3.44. The van der Waals surface area contributed by atoms with Crippen LogP contribution in [0.25, 0.3) is 0 Å². The van der Waals surface area contributed by atoms with E-state index in [0.717, 1.165) is 11.1 Å². The lowest BCUT2D eigenvalue weighted by Crippen LogP contribution is -2.24. The van der Waals surface area contributed by atoms with Crippen LogP contribution in [-0.4, -0.2) is 36.8 Å². The quantitative estimate of drug-likeness (QED) is 0.196. The number of halogens is 2. The van der Waals surface area contributed by atoms with Crippen LogP contribution in [0, 0.1) is 0 Å². The molecule has 1 aliphatic heterocycles. The second-order valence-electron chi connectivity index (χ2n) is 7.89. The molecular formula is C27H26Cl2N2O4S2. The van der Waals surface area contributed by atoms with Crippen molar-refractivity contribution in [2.75, 3.05) is 24.7 Å². The van der Waals surface area contributed by atoms with E-state index in [4.69, 9.17) is 37.4 Å². The molecule has 3 aromatic carbocycles. The molecule has 0 unspecified atom stereocenters. The molecule has 6 nitrogen and oxygen atoms in total. The van der Waals surface area contributed by atoms with Gasteiger partial charge in [0.25, 0.3) is 5.91 Å². The Hall–Kier alpha value is -2.52. The molecule has 1 N–H and O–H groups in total. The number of thioether (sulfide) groups is 2. The monoisotopic (exact) mass is 576 g/mol. The topological polar surface area (TPSA) is 69.2 Å². The fourth-order valence-corrected chi connectivity index (χ4v) is 6.74. The second kappa shape index (κ2) is 13.9. The Kier molecular flexibility index (Phi) is 10.3. The number of amides is 1. The van der Waals surface area contributed by atoms with Gasteiger partial charge in [0.15, 0.2) is 18.1 Å². The highest BCUT2D eigenvalue weighted by Gasteiger charge is 2.18. The molecule has 0 aromatic heterocycles. The second-order valence-corrected chi connectivity index (χ2v) is 11.5. The van der Waals surface area contributed by atoms with Crippen molar-refractivity contribution in [2.24, 2.45) is 5.10 Å². The van der Waals surface area contributed by atoms with E-state index >= 15 is 0 Å². The number of ether oxygens (including phenoxy) is 3. The maximum atomic E-state index is 12.2. The lowest BCUT2D eigenvalue weighted by Gasteiger charge is -2.13. The number of rotatable bonds is 11. The van der Waals surface area contributed by atoms with Gasteiger partial charge in [-0.25, -0.2) is 5.43 Å². The van der Waals surface area contributed by atoms with E-state index in [9.17, 15) is 4.79 Å². The van der Waals surface area contributed by atoms with Crippen LogP contribution in [0.1, 0.15) is 28.2 Å². The van der Waals surface area contributed by atoms with Crippen molar-refractivity contribution in [2.45, 2.75) is 18.1 Å². The molecule has 0 bridgehead atoms. The van der Waals surface area contributed by atoms with Gasteiger partial charge in [-0.2, -0.15) is 5.10 Å². The smallest absolute Gasteiger partial charge is 0.277 e. The van der Waals surface area contributed by atoms with Gasteiger partial charge in [-0.05, 0) is 60.5 Å². The van der Waals surface area contributed by atoms with Gasteiger partial charge in [-0.3, -0.25) is 4.79 Å². The molecule has 1 saturated heterocycles. The van der Waals surface area contributed by atoms with E-state index in [1.54, 1.807) is 24.3 Å². The van der Waals surface area contributed by atoms with Crippen LogP contribution in [0.2, 0.25) is 10.0 Å². The highest BCUT2D eigenvalue weighted by atomic mass is 35.5. The first kappa shape index (κ1) is 27.5. The summed E-state index contributed by atoms with van der Waals surface area (Å²) >= 11 is 16.1. The van der Waals surface area contributed by atoms with Crippen LogP contribution < -0.4 is 19.6 Å². The summed E-state index contributed by atoms with van der Waals surface area (Å²) in [5.74, 6) is 3.78. The molecule has 0 saturated carbocycles. The van der Waals surface area contributed by atoms with E-state index in [-0.39, 0.29) is 19.1 Å². The van der Waals surface area contributed by atoms with E-state index in [0.29, 0.717) is 38.5 Å². The Morgan fingerprint density at radius 2 is 1.78 bits per heavy atom. The molecule has 1 amide bonds. The van der Waals surface area contributed by atoms with Crippen molar-refractivity contribution in [3.8, 4) is 17.2 Å². The summed E-state index contributed by atoms with van der Waals surface area (Å²) in [5, 5.41) is 5.13. The molecular weight excluding hydrogens is 551 g/mol. The van der Waals surface area contributed by atoms with Crippen molar-refractivity contribution in [1.29, 1.82) is 0 Å². The Bertz CT molecular complexity index is 1240. The first-order valence-corrected chi connectivity index (χ1v) is 14.5. The zero-order valence-electron chi connectivity index (χ0n) is 20.1. The number of carbonyl (C=O) groups is 1. The largest absolute Gasteiger partial charge is 0.490 e. The van der Waals surface area contributed by atoms with Gasteiger partial charge in [0.05, 0.1) is 17.4 Å². The highest BCUT2D eigenvalue weighted by Crippen LogP contribution is 2.45. The fourth-order valence-electron chi connectivity index (χ4n) is 3.42. The minimum atomic E-state index is -0.355. The molecule has 0 atom stereocenters. The summed E-state index contributed by atoms with van der Waals surface area (Å²) in [4.78, 5) is 12.2. The van der Waals surface area contributed by atoms with Crippen LogP contribution in [0.3, 0.4) is 0 Å². The normalized spacial score (nSPS) is 13.6. The van der Waals surface area contributed by atoms with Gasteiger partial charge >= 0.3 is 0 Å². The van der Waals surface area contributed by atoms with Crippen molar-refractivity contribution in [3.05, 3.63) is 87.4 Å². The molecule has 4 rings (SSSR count).